The monoisotopic (exact) mass is 475 g/mol. The van der Waals surface area contributed by atoms with Crippen LogP contribution >= 0.6 is 22.6 Å². The molecule has 1 aromatic heterocycles. The molecular weight excluding hydrogens is 453 g/mol. The number of rotatable bonds is 5. The highest BCUT2D eigenvalue weighted by Crippen LogP contribution is 2.31. The van der Waals surface area contributed by atoms with Crippen LogP contribution in [-0.2, 0) is 6.42 Å². The third-order valence-electron chi connectivity index (χ3n) is 5.16. The molecule has 0 N–H and O–H groups in total. The lowest BCUT2D eigenvalue weighted by Gasteiger charge is -2.19. The van der Waals surface area contributed by atoms with Crippen molar-refractivity contribution in [1.29, 1.82) is 0 Å². The van der Waals surface area contributed by atoms with Gasteiger partial charge >= 0.3 is 0 Å². The normalized spacial score (nSPS) is 11.9. The second kappa shape index (κ2) is 8.70. The van der Waals surface area contributed by atoms with Gasteiger partial charge in [-0.1, -0.05) is 66.2 Å². The maximum atomic E-state index is 4.12. The average Bonchev–Trinajstić information content (AvgIpc) is 2.75. The van der Waals surface area contributed by atoms with Gasteiger partial charge in [-0.05, 0) is 88.0 Å². The Kier molecular flexibility index (Phi) is 5.87. The average molecular weight is 475 g/mol. The first-order valence-electron chi connectivity index (χ1n) is 9.50. The molecule has 4 aromatic rings. The summed E-state index contributed by atoms with van der Waals surface area (Å²) in [5.41, 5.74) is 7.80. The van der Waals surface area contributed by atoms with Gasteiger partial charge in [0.25, 0.3) is 0 Å². The number of benzene rings is 3. The first-order chi connectivity index (χ1) is 13.7. The Balaban J connectivity index is 1.68. The van der Waals surface area contributed by atoms with Crippen LogP contribution in [0.25, 0.3) is 11.1 Å². The van der Waals surface area contributed by atoms with Crippen LogP contribution in [0, 0.1) is 10.5 Å². The fraction of sp³-hybridized carbons (Fsp3) is 0.115. The molecule has 1 atom stereocenters. The summed E-state index contributed by atoms with van der Waals surface area (Å²) >= 11 is 2.37. The van der Waals surface area contributed by atoms with Crippen molar-refractivity contribution in [2.45, 2.75) is 19.3 Å². The molecule has 0 bridgehead atoms. The molecule has 0 fully saturated rings. The quantitative estimate of drug-likeness (QED) is 0.282. The number of halogens is 1. The molecule has 4 rings (SSSR count). The van der Waals surface area contributed by atoms with Gasteiger partial charge < -0.3 is 0 Å². The third kappa shape index (κ3) is 4.50. The Hall–Kier alpha value is -2.46. The van der Waals surface area contributed by atoms with E-state index in [2.05, 4.69) is 119 Å². The molecule has 0 amide bonds. The Labute approximate surface area is 180 Å². The first-order valence-corrected chi connectivity index (χ1v) is 10.6. The molecule has 2 heteroatoms. The molecule has 28 heavy (non-hydrogen) atoms. The molecular formula is C26H22IN. The number of hydrogen-bond donors (Lipinski definition) is 0. The minimum atomic E-state index is 0.339. The molecule has 0 spiro atoms. The third-order valence-corrected chi connectivity index (χ3v) is 5.88. The molecule has 1 nitrogen and oxygen atoms in total. The predicted octanol–water partition coefficient (Wildman–Crippen LogP) is 7.04. The smallest absolute Gasteiger partial charge is 0.0273 e. The molecule has 138 valence electrons. The van der Waals surface area contributed by atoms with Gasteiger partial charge in [-0.15, -0.1) is 0 Å². The van der Waals surface area contributed by atoms with Crippen molar-refractivity contribution >= 4 is 22.6 Å². The minimum absolute atomic E-state index is 0.339. The second-order valence-electron chi connectivity index (χ2n) is 7.15. The molecule has 0 aliphatic carbocycles. The van der Waals surface area contributed by atoms with Crippen molar-refractivity contribution in [1.82, 2.24) is 4.98 Å². The van der Waals surface area contributed by atoms with Crippen molar-refractivity contribution < 1.29 is 0 Å². The first kappa shape index (κ1) is 18.9. The fourth-order valence-electron chi connectivity index (χ4n) is 3.54. The summed E-state index contributed by atoms with van der Waals surface area (Å²) in [6.07, 6.45) is 4.68. The lowest BCUT2D eigenvalue weighted by atomic mass is 9.85. The zero-order valence-corrected chi connectivity index (χ0v) is 18.0. The number of hydrogen-bond acceptors (Lipinski definition) is 1. The maximum absolute atomic E-state index is 4.12. The van der Waals surface area contributed by atoms with E-state index in [-0.39, 0.29) is 0 Å². The summed E-state index contributed by atoms with van der Waals surface area (Å²) in [6, 6.07) is 30.9. The molecule has 0 saturated carbocycles. The van der Waals surface area contributed by atoms with E-state index in [1.165, 1.54) is 37.0 Å². The largest absolute Gasteiger partial charge is 0.265 e. The number of nitrogens with zero attached hydrogens (tertiary/aromatic N) is 1. The maximum Gasteiger partial charge on any atom is 0.0273 e. The van der Waals surface area contributed by atoms with Gasteiger partial charge in [-0.3, -0.25) is 4.98 Å². The lowest BCUT2D eigenvalue weighted by molar-refractivity contribution is 0.804. The van der Waals surface area contributed by atoms with Crippen molar-refractivity contribution in [2.24, 2.45) is 0 Å². The summed E-state index contributed by atoms with van der Waals surface area (Å²) in [4.78, 5) is 4.12. The zero-order chi connectivity index (χ0) is 19.3. The molecule has 1 heterocycles. The van der Waals surface area contributed by atoms with E-state index in [9.17, 15) is 0 Å². The topological polar surface area (TPSA) is 12.9 Å². The summed E-state index contributed by atoms with van der Waals surface area (Å²) in [7, 11) is 0. The van der Waals surface area contributed by atoms with Crippen LogP contribution < -0.4 is 0 Å². The van der Waals surface area contributed by atoms with Crippen LogP contribution in [0.2, 0.25) is 0 Å². The highest BCUT2D eigenvalue weighted by atomic mass is 127. The van der Waals surface area contributed by atoms with Gasteiger partial charge in [-0.25, -0.2) is 0 Å². The highest BCUT2D eigenvalue weighted by molar-refractivity contribution is 14.1. The van der Waals surface area contributed by atoms with E-state index < -0.39 is 0 Å². The van der Waals surface area contributed by atoms with Gasteiger partial charge in [0, 0.05) is 21.9 Å². The van der Waals surface area contributed by atoms with Crippen LogP contribution in [-0.4, -0.2) is 4.98 Å². The number of pyridine rings is 1. The van der Waals surface area contributed by atoms with Crippen LogP contribution in [0.3, 0.4) is 0 Å². The van der Waals surface area contributed by atoms with Gasteiger partial charge in [0.15, 0.2) is 0 Å². The van der Waals surface area contributed by atoms with Crippen molar-refractivity contribution in [3.8, 4) is 11.1 Å². The molecule has 3 aromatic carbocycles. The van der Waals surface area contributed by atoms with Gasteiger partial charge in [-0.2, -0.15) is 0 Å². The van der Waals surface area contributed by atoms with E-state index in [4.69, 9.17) is 0 Å². The SMILES string of the molecule is Cc1ccc(CC(c2ccc(I)cc2)c2ccc(-c3ccncc3)cc2)cc1. The van der Waals surface area contributed by atoms with E-state index >= 15 is 0 Å². The molecule has 0 radical (unpaired) electrons. The van der Waals surface area contributed by atoms with Crippen LogP contribution in [0.4, 0.5) is 0 Å². The van der Waals surface area contributed by atoms with Gasteiger partial charge in [0.05, 0.1) is 0 Å². The fourth-order valence-corrected chi connectivity index (χ4v) is 3.89. The molecule has 0 aliphatic heterocycles. The minimum Gasteiger partial charge on any atom is -0.265 e. The predicted molar refractivity (Wildman–Crippen MR) is 126 cm³/mol. The van der Waals surface area contributed by atoms with E-state index in [0.29, 0.717) is 5.92 Å². The number of aryl methyl sites for hydroxylation is 1. The zero-order valence-electron chi connectivity index (χ0n) is 15.8. The van der Waals surface area contributed by atoms with Crippen molar-refractivity contribution in [3.63, 3.8) is 0 Å². The van der Waals surface area contributed by atoms with E-state index in [0.717, 1.165) is 6.42 Å². The van der Waals surface area contributed by atoms with Crippen LogP contribution in [0.5, 0.6) is 0 Å². The second-order valence-corrected chi connectivity index (χ2v) is 8.40. The van der Waals surface area contributed by atoms with Crippen molar-refractivity contribution in [3.05, 3.63) is 123 Å². The van der Waals surface area contributed by atoms with Crippen molar-refractivity contribution in [2.75, 3.05) is 0 Å². The van der Waals surface area contributed by atoms with Gasteiger partial charge in [0.1, 0.15) is 0 Å². The lowest BCUT2D eigenvalue weighted by Crippen LogP contribution is -2.05. The Morgan fingerprint density at radius 3 is 1.82 bits per heavy atom. The summed E-state index contributed by atoms with van der Waals surface area (Å²) in [5, 5.41) is 0. The van der Waals surface area contributed by atoms with E-state index in [1.54, 1.807) is 0 Å². The Morgan fingerprint density at radius 2 is 1.21 bits per heavy atom. The standard InChI is InChI=1S/C26H22IN/c1-19-2-4-20(5-3-19)18-26(24-10-12-25(27)13-11-24)23-8-6-21(7-9-23)22-14-16-28-17-15-22/h2-17,26H,18H2,1H3. The van der Waals surface area contributed by atoms with Crippen LogP contribution in [0.15, 0.2) is 97.3 Å². The Morgan fingerprint density at radius 1 is 0.679 bits per heavy atom. The summed E-state index contributed by atoms with van der Waals surface area (Å²) in [5.74, 6) is 0.339. The summed E-state index contributed by atoms with van der Waals surface area (Å²) in [6.45, 7) is 2.14. The number of aromatic nitrogens is 1. The highest BCUT2D eigenvalue weighted by Gasteiger charge is 2.15. The molecule has 1 unspecified atom stereocenters. The Bertz CT molecular complexity index is 1020. The molecule has 0 saturated heterocycles. The van der Waals surface area contributed by atoms with Gasteiger partial charge in [0.2, 0.25) is 0 Å². The van der Waals surface area contributed by atoms with Crippen LogP contribution in [0.1, 0.15) is 28.2 Å². The summed E-state index contributed by atoms with van der Waals surface area (Å²) < 4.78 is 1.27. The van der Waals surface area contributed by atoms with E-state index in [1.807, 2.05) is 12.4 Å². The molecule has 0 aliphatic rings.